The second-order valence-electron chi connectivity index (χ2n) is 8.97. The molecule has 0 amide bonds. The first kappa shape index (κ1) is 29.3. The van der Waals surface area contributed by atoms with Gasteiger partial charge in [-0.1, -0.05) is 52.0 Å². The van der Waals surface area contributed by atoms with E-state index in [1.807, 2.05) is 0 Å². The lowest BCUT2D eigenvalue weighted by atomic mass is 10.1. The van der Waals surface area contributed by atoms with Crippen LogP contribution in [0.25, 0.3) is 0 Å². The molecule has 0 aliphatic carbocycles. The molecule has 0 aliphatic rings. The van der Waals surface area contributed by atoms with E-state index in [4.69, 9.17) is 29.4 Å². The molecule has 0 unspecified atom stereocenters. The molecule has 37 heavy (non-hydrogen) atoms. The third kappa shape index (κ3) is 9.92. The van der Waals surface area contributed by atoms with Crippen LogP contribution < -0.4 is 19.9 Å². The highest BCUT2D eigenvalue weighted by molar-refractivity contribution is 5.78. The molecule has 0 saturated heterocycles. The molecule has 2 aromatic rings. The summed E-state index contributed by atoms with van der Waals surface area (Å²) in [5.41, 5.74) is 6.57. The van der Waals surface area contributed by atoms with Gasteiger partial charge in [0.05, 0.1) is 11.8 Å². The molecule has 0 bridgehead atoms. The molecular formula is C27H33NO9. The predicted octanol–water partition coefficient (Wildman–Crippen LogP) is 3.83. The third-order valence-corrected chi connectivity index (χ3v) is 4.83. The Hall–Kier alpha value is -3.92. The summed E-state index contributed by atoms with van der Waals surface area (Å²) in [5.74, 6) is -2.07. The van der Waals surface area contributed by atoms with Crippen molar-refractivity contribution in [3.8, 4) is 17.2 Å². The van der Waals surface area contributed by atoms with E-state index in [-0.39, 0.29) is 30.4 Å². The van der Waals surface area contributed by atoms with Gasteiger partial charge in [-0.05, 0) is 43.2 Å². The van der Waals surface area contributed by atoms with E-state index in [1.165, 1.54) is 12.1 Å². The fraction of sp³-hybridized carbons (Fsp3) is 0.407. The fourth-order valence-corrected chi connectivity index (χ4v) is 2.75. The van der Waals surface area contributed by atoms with Crippen molar-refractivity contribution >= 4 is 24.1 Å². The van der Waals surface area contributed by atoms with Crippen LogP contribution in [0.2, 0.25) is 0 Å². The predicted molar refractivity (Wildman–Crippen MR) is 133 cm³/mol. The Balaban J connectivity index is 1.96. The Morgan fingerprint density at radius 3 is 1.95 bits per heavy atom. The van der Waals surface area contributed by atoms with Crippen molar-refractivity contribution in [3.63, 3.8) is 0 Å². The Labute approximate surface area is 216 Å². The number of nitrogens with two attached hydrogens (primary N) is 1. The Morgan fingerprint density at radius 2 is 1.35 bits per heavy atom. The lowest BCUT2D eigenvalue weighted by Crippen LogP contribution is -2.37. The number of rotatable bonds is 11. The van der Waals surface area contributed by atoms with Gasteiger partial charge in [0, 0.05) is 0 Å². The summed E-state index contributed by atoms with van der Waals surface area (Å²) in [7, 11) is 0. The summed E-state index contributed by atoms with van der Waals surface area (Å²) in [5, 5.41) is 0. The van der Waals surface area contributed by atoms with E-state index in [0.717, 1.165) is 0 Å². The molecule has 0 spiro atoms. The van der Waals surface area contributed by atoms with E-state index in [0.29, 0.717) is 11.3 Å². The van der Waals surface area contributed by atoms with E-state index >= 15 is 0 Å². The highest BCUT2D eigenvalue weighted by Gasteiger charge is 2.22. The molecule has 2 atom stereocenters. The van der Waals surface area contributed by atoms with Crippen molar-refractivity contribution in [2.45, 2.75) is 53.2 Å². The summed E-state index contributed by atoms with van der Waals surface area (Å²) >= 11 is 0. The Kier molecular flexibility index (Phi) is 11.1. The molecular weight excluding hydrogens is 482 g/mol. The van der Waals surface area contributed by atoms with Crippen LogP contribution in [-0.2, 0) is 30.3 Å². The molecule has 2 aromatic carbocycles. The van der Waals surface area contributed by atoms with Crippen LogP contribution in [0, 0.1) is 11.8 Å². The maximum atomic E-state index is 12.5. The fourth-order valence-electron chi connectivity index (χ4n) is 2.75. The topological polar surface area (TPSA) is 140 Å². The first-order valence-corrected chi connectivity index (χ1v) is 11.9. The van der Waals surface area contributed by atoms with E-state index in [1.54, 1.807) is 71.0 Å². The van der Waals surface area contributed by atoms with Crippen LogP contribution in [0.1, 0.15) is 40.2 Å². The van der Waals surface area contributed by atoms with Gasteiger partial charge in [-0.2, -0.15) is 0 Å². The molecule has 0 fully saturated rings. The smallest absolute Gasteiger partial charge is 0.458 e. The number of hydrogen-bond donors (Lipinski definition) is 1. The Morgan fingerprint density at radius 1 is 0.757 bits per heavy atom. The molecule has 200 valence electrons. The van der Waals surface area contributed by atoms with Gasteiger partial charge in [0.1, 0.15) is 24.5 Å². The lowest BCUT2D eigenvalue weighted by Gasteiger charge is -2.18. The van der Waals surface area contributed by atoms with E-state index in [2.05, 4.69) is 0 Å². The van der Waals surface area contributed by atoms with E-state index in [9.17, 15) is 19.2 Å². The van der Waals surface area contributed by atoms with Crippen molar-refractivity contribution in [2.24, 2.45) is 17.6 Å². The van der Waals surface area contributed by atoms with Crippen LogP contribution >= 0.6 is 0 Å². The molecule has 0 heterocycles. The minimum absolute atomic E-state index is 0.0458. The van der Waals surface area contributed by atoms with Crippen molar-refractivity contribution in [2.75, 3.05) is 6.61 Å². The maximum Gasteiger partial charge on any atom is 0.513 e. The summed E-state index contributed by atoms with van der Waals surface area (Å²) < 4.78 is 26.0. The van der Waals surface area contributed by atoms with Gasteiger partial charge in [-0.25, -0.2) is 4.79 Å². The number of carbonyl (C=O) groups is 4. The van der Waals surface area contributed by atoms with Gasteiger partial charge in [-0.15, -0.1) is 0 Å². The first-order valence-electron chi connectivity index (χ1n) is 11.9. The highest BCUT2D eigenvalue weighted by atomic mass is 16.7. The molecule has 2 N–H and O–H groups in total. The number of ether oxygens (including phenoxy) is 5. The van der Waals surface area contributed by atoms with Crippen molar-refractivity contribution in [1.29, 1.82) is 0 Å². The highest BCUT2D eigenvalue weighted by Crippen LogP contribution is 2.30. The second-order valence-corrected chi connectivity index (χ2v) is 8.97. The first-order chi connectivity index (χ1) is 17.5. The lowest BCUT2D eigenvalue weighted by molar-refractivity contribution is -0.152. The number of hydrogen-bond acceptors (Lipinski definition) is 10. The number of para-hydroxylation sites is 1. The zero-order valence-electron chi connectivity index (χ0n) is 21.6. The number of carbonyl (C=O) groups excluding carboxylic acids is 4. The Bertz CT molecular complexity index is 1080. The van der Waals surface area contributed by atoms with Gasteiger partial charge in [0.25, 0.3) is 0 Å². The van der Waals surface area contributed by atoms with Gasteiger partial charge in [0.2, 0.25) is 0 Å². The molecule has 0 radical (unpaired) electrons. The zero-order valence-corrected chi connectivity index (χ0v) is 21.6. The normalized spacial score (nSPS) is 12.4. The SMILES string of the molecule is CC(C)C(=O)Oc1ccc(C[C@H](N)C(=O)O[C@@H](C)COC(=O)Oc2ccccc2)cc1OC(=O)C(C)C. The van der Waals surface area contributed by atoms with Crippen molar-refractivity contribution < 1.29 is 42.9 Å². The van der Waals surface area contributed by atoms with E-state index < -0.39 is 42.1 Å². The molecule has 0 saturated carbocycles. The van der Waals surface area contributed by atoms with Gasteiger partial charge < -0.3 is 29.4 Å². The monoisotopic (exact) mass is 515 g/mol. The van der Waals surface area contributed by atoms with Crippen LogP contribution in [0.5, 0.6) is 17.2 Å². The largest absolute Gasteiger partial charge is 0.513 e. The summed E-state index contributed by atoms with van der Waals surface area (Å²) in [6, 6.07) is 11.9. The van der Waals surface area contributed by atoms with Gasteiger partial charge >= 0.3 is 24.1 Å². The standard InChI is InChI=1S/C27H33NO9/c1-16(2)24(29)36-22-12-11-19(14-23(22)37-25(30)17(3)4)13-21(28)26(31)34-18(5)15-33-27(32)35-20-9-7-6-8-10-20/h6-12,14,16-18,21H,13,15,28H2,1-5H3/t18-,21-/m0/s1. The van der Waals surface area contributed by atoms with Gasteiger partial charge in [0.15, 0.2) is 11.5 Å². The van der Waals surface area contributed by atoms with Crippen molar-refractivity contribution in [3.05, 3.63) is 54.1 Å². The molecule has 2 rings (SSSR count). The van der Waals surface area contributed by atoms with Crippen LogP contribution in [-0.4, -0.2) is 42.8 Å². The van der Waals surface area contributed by atoms with Crippen molar-refractivity contribution in [1.82, 2.24) is 0 Å². The molecule has 0 aromatic heterocycles. The zero-order chi connectivity index (χ0) is 27.5. The van der Waals surface area contributed by atoms with Crippen LogP contribution in [0.15, 0.2) is 48.5 Å². The molecule has 10 heteroatoms. The average molecular weight is 516 g/mol. The molecule has 10 nitrogen and oxygen atoms in total. The second kappa shape index (κ2) is 14.0. The quantitative estimate of drug-likeness (QED) is 0.267. The average Bonchev–Trinajstić information content (AvgIpc) is 2.84. The van der Waals surface area contributed by atoms with Crippen LogP contribution in [0.4, 0.5) is 4.79 Å². The van der Waals surface area contributed by atoms with Gasteiger partial charge in [-0.3, -0.25) is 14.4 Å². The summed E-state index contributed by atoms with van der Waals surface area (Å²) in [6.45, 7) is 8.02. The summed E-state index contributed by atoms with van der Waals surface area (Å²) in [4.78, 5) is 48.4. The van der Waals surface area contributed by atoms with Crippen LogP contribution in [0.3, 0.4) is 0 Å². The minimum Gasteiger partial charge on any atom is -0.458 e. The molecule has 0 aliphatic heterocycles. The minimum atomic E-state index is -1.06. The number of benzene rings is 2. The third-order valence-electron chi connectivity index (χ3n) is 4.83. The number of esters is 3. The summed E-state index contributed by atoms with van der Waals surface area (Å²) in [6.07, 6.45) is -1.66. The maximum absolute atomic E-state index is 12.5.